The molecule has 1 fully saturated rings. The zero-order valence-electron chi connectivity index (χ0n) is 12.0. The quantitative estimate of drug-likeness (QED) is 0.545. The van der Waals surface area contributed by atoms with Gasteiger partial charge in [0.25, 0.3) is 0 Å². The summed E-state index contributed by atoms with van der Waals surface area (Å²) in [5.41, 5.74) is 0.298. The van der Waals surface area contributed by atoms with Gasteiger partial charge in [0.05, 0.1) is 6.61 Å². The lowest BCUT2D eigenvalue weighted by Gasteiger charge is -2.28. The van der Waals surface area contributed by atoms with Crippen molar-refractivity contribution in [3.05, 3.63) is 16.7 Å². The Morgan fingerprint density at radius 3 is 3.09 bits per heavy atom. The molecule has 1 N–H and O–H groups in total. The van der Waals surface area contributed by atoms with Crippen LogP contribution in [0.3, 0.4) is 0 Å². The number of pyridine rings is 1. The molecule has 0 aromatic carbocycles. The molecule has 22 heavy (non-hydrogen) atoms. The van der Waals surface area contributed by atoms with E-state index in [2.05, 4.69) is 30.5 Å². The lowest BCUT2D eigenvalue weighted by molar-refractivity contribution is 0.131. The number of ether oxygens (including phenoxy) is 1. The van der Waals surface area contributed by atoms with Crippen LogP contribution in [0.5, 0.6) is 5.88 Å². The number of hydrogen-bond donors (Lipinski definition) is 2. The van der Waals surface area contributed by atoms with Crippen molar-refractivity contribution in [2.24, 2.45) is 0 Å². The van der Waals surface area contributed by atoms with Crippen molar-refractivity contribution in [3.8, 4) is 5.88 Å². The van der Waals surface area contributed by atoms with E-state index in [0.29, 0.717) is 29.7 Å². The molecule has 1 saturated heterocycles. The summed E-state index contributed by atoms with van der Waals surface area (Å²) in [6.45, 7) is 2.56. The van der Waals surface area contributed by atoms with Crippen LogP contribution >= 0.6 is 15.9 Å². The first-order valence-electron chi connectivity index (χ1n) is 7.10. The molecule has 0 amide bonds. The SMILES string of the molecule is O=[SH](=O)Nc1cc(Br)cnc1OCCCN1CCCC(F)C1. The van der Waals surface area contributed by atoms with Crippen LogP contribution in [0.1, 0.15) is 19.3 Å². The van der Waals surface area contributed by atoms with Crippen molar-refractivity contribution in [2.45, 2.75) is 25.4 Å². The number of aromatic nitrogens is 1. The Labute approximate surface area is 139 Å². The standard InChI is InChI=1S/C13H19BrFN3O3S/c14-10-7-12(17-22(19)20)13(16-8-10)21-6-2-5-18-4-1-3-11(15)9-18/h7-8,11,22H,1-6,9H2,(H,17,19,20). The monoisotopic (exact) mass is 395 g/mol. The average molecular weight is 396 g/mol. The third kappa shape index (κ3) is 5.69. The highest BCUT2D eigenvalue weighted by Crippen LogP contribution is 2.25. The molecule has 9 heteroatoms. The smallest absolute Gasteiger partial charge is 0.238 e. The molecule has 0 aliphatic carbocycles. The van der Waals surface area contributed by atoms with Crippen molar-refractivity contribution >= 4 is 32.5 Å². The number of alkyl halides is 1. The number of hydrogen-bond acceptors (Lipinski definition) is 5. The number of thiol groups is 1. The van der Waals surface area contributed by atoms with Gasteiger partial charge in [-0.1, -0.05) is 0 Å². The molecular formula is C13H19BrFN3O3S. The highest BCUT2D eigenvalue weighted by Gasteiger charge is 2.18. The maximum absolute atomic E-state index is 13.3. The molecule has 0 saturated carbocycles. The maximum Gasteiger partial charge on any atom is 0.238 e. The number of rotatable bonds is 7. The zero-order valence-corrected chi connectivity index (χ0v) is 14.5. The van der Waals surface area contributed by atoms with Crippen molar-refractivity contribution in [2.75, 3.05) is 31.0 Å². The highest BCUT2D eigenvalue weighted by molar-refractivity contribution is 9.10. The second-order valence-electron chi connectivity index (χ2n) is 5.12. The van der Waals surface area contributed by atoms with Crippen LogP contribution in [0.4, 0.5) is 10.1 Å². The van der Waals surface area contributed by atoms with Gasteiger partial charge in [0, 0.05) is 23.8 Å². The largest absolute Gasteiger partial charge is 0.476 e. The van der Waals surface area contributed by atoms with Gasteiger partial charge in [0.2, 0.25) is 16.8 Å². The maximum atomic E-state index is 13.3. The summed E-state index contributed by atoms with van der Waals surface area (Å²) < 4.78 is 43.3. The van der Waals surface area contributed by atoms with Crippen molar-refractivity contribution in [3.63, 3.8) is 0 Å². The van der Waals surface area contributed by atoms with E-state index in [4.69, 9.17) is 4.74 Å². The summed E-state index contributed by atoms with van der Waals surface area (Å²) in [5.74, 6) is 0.240. The van der Waals surface area contributed by atoms with Crippen LogP contribution in [-0.4, -0.2) is 50.7 Å². The molecule has 2 rings (SSSR count). The minimum absolute atomic E-state index is 0.240. The lowest BCUT2D eigenvalue weighted by atomic mass is 10.1. The van der Waals surface area contributed by atoms with Crippen molar-refractivity contribution in [1.29, 1.82) is 0 Å². The van der Waals surface area contributed by atoms with Crippen LogP contribution in [0, 0.1) is 0 Å². The van der Waals surface area contributed by atoms with E-state index in [1.165, 1.54) is 6.20 Å². The molecule has 1 aliphatic heterocycles. The van der Waals surface area contributed by atoms with E-state index >= 15 is 0 Å². The molecule has 1 aromatic rings. The van der Waals surface area contributed by atoms with Crippen LogP contribution in [0.2, 0.25) is 0 Å². The molecule has 6 nitrogen and oxygen atoms in total. The van der Waals surface area contributed by atoms with E-state index in [1.807, 2.05) is 0 Å². The first kappa shape index (κ1) is 17.4. The Bertz CT molecular complexity index is 565. The first-order chi connectivity index (χ1) is 10.5. The second-order valence-corrected chi connectivity index (χ2v) is 6.77. The Morgan fingerprint density at radius 1 is 1.55 bits per heavy atom. The fraction of sp³-hybridized carbons (Fsp3) is 0.615. The number of halogens is 2. The van der Waals surface area contributed by atoms with E-state index in [-0.39, 0.29) is 5.88 Å². The van der Waals surface area contributed by atoms with Crippen molar-refractivity contribution in [1.82, 2.24) is 9.88 Å². The Balaban J connectivity index is 1.81. The van der Waals surface area contributed by atoms with Gasteiger partial charge in [0.1, 0.15) is 11.9 Å². The van der Waals surface area contributed by atoms with Crippen molar-refractivity contribution < 1.29 is 17.5 Å². The molecule has 1 atom stereocenters. The summed E-state index contributed by atoms with van der Waals surface area (Å²) in [5, 5.41) is 0. The molecule has 0 radical (unpaired) electrons. The topological polar surface area (TPSA) is 71.5 Å². The summed E-state index contributed by atoms with van der Waals surface area (Å²) in [7, 11) is -2.78. The van der Waals surface area contributed by atoms with Gasteiger partial charge in [0.15, 0.2) is 0 Å². The predicted molar refractivity (Wildman–Crippen MR) is 86.6 cm³/mol. The number of piperidine rings is 1. The van der Waals surface area contributed by atoms with Gasteiger partial charge < -0.3 is 9.64 Å². The van der Waals surface area contributed by atoms with Crippen LogP contribution in [-0.2, 0) is 10.9 Å². The summed E-state index contributed by atoms with van der Waals surface area (Å²) in [4.78, 5) is 6.14. The molecule has 1 aromatic heterocycles. The van der Waals surface area contributed by atoms with Gasteiger partial charge in [-0.2, -0.15) is 0 Å². The summed E-state index contributed by atoms with van der Waals surface area (Å²) >= 11 is 3.23. The van der Waals surface area contributed by atoms with E-state index in [1.54, 1.807) is 6.07 Å². The van der Waals surface area contributed by atoms with Gasteiger partial charge in [-0.25, -0.2) is 17.8 Å². The summed E-state index contributed by atoms with van der Waals surface area (Å²) in [6.07, 6.45) is 3.08. The minimum Gasteiger partial charge on any atom is -0.476 e. The highest BCUT2D eigenvalue weighted by atomic mass is 79.9. The van der Waals surface area contributed by atoms with Crippen LogP contribution < -0.4 is 9.46 Å². The normalized spacial score (nSPS) is 19.3. The fourth-order valence-electron chi connectivity index (χ4n) is 2.38. The van der Waals surface area contributed by atoms with E-state index in [0.717, 1.165) is 25.9 Å². The molecule has 0 bridgehead atoms. The minimum atomic E-state index is -2.78. The number of nitrogens with one attached hydrogen (secondary N) is 1. The zero-order chi connectivity index (χ0) is 15.9. The Hall–Kier alpha value is -0.930. The number of anilines is 1. The molecule has 1 aliphatic rings. The lowest BCUT2D eigenvalue weighted by Crippen LogP contribution is -2.37. The van der Waals surface area contributed by atoms with Crippen LogP contribution in [0.15, 0.2) is 16.7 Å². The van der Waals surface area contributed by atoms with Gasteiger partial charge in [-0.15, -0.1) is 0 Å². The average Bonchev–Trinajstić information content (AvgIpc) is 2.45. The molecular weight excluding hydrogens is 377 g/mol. The van der Waals surface area contributed by atoms with Gasteiger partial charge in [-0.05, 0) is 47.8 Å². The fourth-order valence-corrected chi connectivity index (χ4v) is 3.07. The third-order valence-corrected chi connectivity index (χ3v) is 4.19. The third-order valence-electron chi connectivity index (χ3n) is 3.33. The van der Waals surface area contributed by atoms with Gasteiger partial charge >= 0.3 is 0 Å². The molecule has 0 spiro atoms. The second kappa shape index (κ2) is 8.64. The molecule has 1 unspecified atom stereocenters. The first-order valence-corrected chi connectivity index (χ1v) is 9.07. The number of likely N-dealkylation sites (tertiary alicyclic amines) is 1. The summed E-state index contributed by atoms with van der Waals surface area (Å²) in [6, 6.07) is 1.59. The van der Waals surface area contributed by atoms with Gasteiger partial charge in [-0.3, -0.25) is 4.72 Å². The molecule has 2 heterocycles. The van der Waals surface area contributed by atoms with E-state index in [9.17, 15) is 12.8 Å². The Morgan fingerprint density at radius 2 is 2.36 bits per heavy atom. The molecule has 124 valence electrons. The van der Waals surface area contributed by atoms with E-state index < -0.39 is 17.1 Å². The van der Waals surface area contributed by atoms with Crippen LogP contribution in [0.25, 0.3) is 0 Å². The Kier molecular flexibility index (Phi) is 6.84. The predicted octanol–water partition coefficient (Wildman–Crippen LogP) is 1.99. The number of nitrogens with zero attached hydrogens (tertiary/aromatic N) is 2.